The van der Waals surface area contributed by atoms with Gasteiger partial charge in [-0.1, -0.05) is 39.8 Å². The third-order valence-electron chi connectivity index (χ3n) is 3.44. The minimum absolute atomic E-state index is 0.542. The molecular formula is C16H26N2S. The van der Waals surface area contributed by atoms with Crippen molar-refractivity contribution in [1.82, 2.24) is 5.32 Å². The van der Waals surface area contributed by atoms with E-state index < -0.39 is 0 Å². The van der Waals surface area contributed by atoms with Gasteiger partial charge in [0.2, 0.25) is 0 Å². The first kappa shape index (κ1) is 14.7. The first-order valence-electron chi connectivity index (χ1n) is 7.27. The first-order chi connectivity index (χ1) is 9.04. The van der Waals surface area contributed by atoms with Crippen LogP contribution in [0.4, 0.5) is 5.69 Å². The van der Waals surface area contributed by atoms with Gasteiger partial charge >= 0.3 is 0 Å². The molecule has 3 heteroatoms. The zero-order valence-corrected chi connectivity index (χ0v) is 13.3. The van der Waals surface area contributed by atoms with Crippen LogP contribution in [0.3, 0.4) is 0 Å². The highest BCUT2D eigenvalue weighted by Gasteiger charge is 2.22. The van der Waals surface area contributed by atoms with Gasteiger partial charge < -0.3 is 10.2 Å². The minimum Gasteiger partial charge on any atom is -0.369 e. The quantitative estimate of drug-likeness (QED) is 0.907. The smallest absolute Gasteiger partial charge is 0.0367 e. The van der Waals surface area contributed by atoms with Gasteiger partial charge in [-0.15, -0.1) is 0 Å². The molecule has 1 heterocycles. The normalized spacial score (nSPS) is 23.9. The van der Waals surface area contributed by atoms with E-state index in [1.165, 1.54) is 24.3 Å². The maximum Gasteiger partial charge on any atom is 0.0367 e. The lowest BCUT2D eigenvalue weighted by molar-refractivity contribution is 0.589. The van der Waals surface area contributed by atoms with E-state index in [0.717, 1.165) is 17.0 Å². The summed E-state index contributed by atoms with van der Waals surface area (Å²) in [7, 11) is 0. The van der Waals surface area contributed by atoms with Gasteiger partial charge in [0, 0.05) is 41.9 Å². The third-order valence-corrected chi connectivity index (χ3v) is 4.66. The Balaban J connectivity index is 1.97. The lowest BCUT2D eigenvalue weighted by Crippen LogP contribution is -2.40. The van der Waals surface area contributed by atoms with Gasteiger partial charge in [0.1, 0.15) is 0 Å². The molecule has 0 radical (unpaired) electrons. The summed E-state index contributed by atoms with van der Waals surface area (Å²) in [6.45, 7) is 12.3. The Bertz CT molecular complexity index is 378. The van der Waals surface area contributed by atoms with Crippen molar-refractivity contribution in [3.05, 3.63) is 29.8 Å². The Morgan fingerprint density at radius 2 is 1.74 bits per heavy atom. The maximum absolute atomic E-state index is 3.46. The van der Waals surface area contributed by atoms with Crippen LogP contribution in [0.15, 0.2) is 24.3 Å². The topological polar surface area (TPSA) is 15.3 Å². The summed E-state index contributed by atoms with van der Waals surface area (Å²) in [5.74, 6) is 0. The van der Waals surface area contributed by atoms with E-state index in [4.69, 9.17) is 0 Å². The predicted octanol–water partition coefficient (Wildman–Crippen LogP) is 3.51. The van der Waals surface area contributed by atoms with E-state index in [0.29, 0.717) is 6.04 Å². The molecule has 0 saturated carbocycles. The van der Waals surface area contributed by atoms with Crippen LogP contribution in [-0.4, -0.2) is 29.6 Å². The lowest BCUT2D eigenvalue weighted by Gasteiger charge is -2.36. The average molecular weight is 278 g/mol. The van der Waals surface area contributed by atoms with Crippen LogP contribution < -0.4 is 10.2 Å². The first-order valence-corrected chi connectivity index (χ1v) is 8.21. The van der Waals surface area contributed by atoms with Crippen LogP contribution in [0.25, 0.3) is 0 Å². The molecule has 1 saturated heterocycles. The zero-order chi connectivity index (χ0) is 13.8. The Morgan fingerprint density at radius 3 is 2.26 bits per heavy atom. The molecule has 1 aliphatic rings. The second-order valence-electron chi connectivity index (χ2n) is 5.86. The highest BCUT2D eigenvalue weighted by atomic mass is 32.2. The molecule has 0 bridgehead atoms. The summed E-state index contributed by atoms with van der Waals surface area (Å²) in [4.78, 5) is 2.52. The molecule has 0 aliphatic carbocycles. The van der Waals surface area contributed by atoms with Gasteiger partial charge in [0.05, 0.1) is 0 Å². The summed E-state index contributed by atoms with van der Waals surface area (Å²) in [5, 5.41) is 4.91. The second-order valence-corrected chi connectivity index (χ2v) is 7.75. The zero-order valence-electron chi connectivity index (χ0n) is 12.5. The molecule has 19 heavy (non-hydrogen) atoms. The van der Waals surface area contributed by atoms with Crippen LogP contribution in [0, 0.1) is 0 Å². The highest BCUT2D eigenvalue weighted by Crippen LogP contribution is 2.28. The largest absolute Gasteiger partial charge is 0.369 e. The number of nitrogens with zero attached hydrogens (tertiary/aromatic N) is 1. The molecule has 2 nitrogen and oxygen atoms in total. The van der Waals surface area contributed by atoms with Crippen molar-refractivity contribution in [1.29, 1.82) is 0 Å². The molecule has 1 N–H and O–H groups in total. The van der Waals surface area contributed by atoms with Gasteiger partial charge in [0.25, 0.3) is 0 Å². The van der Waals surface area contributed by atoms with E-state index in [9.17, 15) is 0 Å². The number of anilines is 1. The number of rotatable bonds is 4. The van der Waals surface area contributed by atoms with Gasteiger partial charge in [-0.3, -0.25) is 0 Å². The van der Waals surface area contributed by atoms with Crippen LogP contribution in [0.1, 0.15) is 33.3 Å². The summed E-state index contributed by atoms with van der Waals surface area (Å²) in [5.41, 5.74) is 2.73. The fraction of sp³-hybridized carbons (Fsp3) is 0.625. The predicted molar refractivity (Wildman–Crippen MR) is 87.1 cm³/mol. The minimum atomic E-state index is 0.542. The van der Waals surface area contributed by atoms with E-state index >= 15 is 0 Å². The molecule has 1 aromatic carbocycles. The molecule has 1 aromatic rings. The Kier molecular flexibility index (Phi) is 5.17. The molecule has 1 fully saturated rings. The van der Waals surface area contributed by atoms with Crippen molar-refractivity contribution in [2.24, 2.45) is 0 Å². The summed E-state index contributed by atoms with van der Waals surface area (Å²) in [6, 6.07) is 9.59. The van der Waals surface area contributed by atoms with Crippen molar-refractivity contribution in [3.63, 3.8) is 0 Å². The Hall–Kier alpha value is -0.670. The van der Waals surface area contributed by atoms with Gasteiger partial charge in [-0.2, -0.15) is 11.8 Å². The van der Waals surface area contributed by atoms with Crippen molar-refractivity contribution in [3.8, 4) is 0 Å². The summed E-state index contributed by atoms with van der Waals surface area (Å²) in [6.07, 6.45) is 0. The van der Waals surface area contributed by atoms with E-state index in [1.54, 1.807) is 0 Å². The fourth-order valence-electron chi connectivity index (χ4n) is 2.54. The molecule has 2 atom stereocenters. The molecule has 2 rings (SSSR count). The van der Waals surface area contributed by atoms with E-state index in [1.807, 2.05) is 0 Å². The summed E-state index contributed by atoms with van der Waals surface area (Å²) >= 11 is 2.10. The second kappa shape index (κ2) is 6.67. The van der Waals surface area contributed by atoms with Crippen molar-refractivity contribution < 1.29 is 0 Å². The monoisotopic (exact) mass is 278 g/mol. The van der Waals surface area contributed by atoms with Crippen molar-refractivity contribution >= 4 is 17.4 Å². The van der Waals surface area contributed by atoms with Gasteiger partial charge in [-0.25, -0.2) is 0 Å². The molecule has 0 aromatic heterocycles. The Labute approximate surface area is 122 Å². The van der Waals surface area contributed by atoms with E-state index in [-0.39, 0.29) is 0 Å². The molecule has 0 amide bonds. The van der Waals surface area contributed by atoms with Crippen LogP contribution in [0.2, 0.25) is 0 Å². The maximum atomic E-state index is 3.46. The standard InChI is InChI=1S/C16H26N2S/c1-12(2)17-9-15-5-7-16(8-6-15)18-10-13(3)19-14(4)11-18/h5-8,12-14,17H,9-11H2,1-4H3. The molecule has 1 aliphatic heterocycles. The molecular weight excluding hydrogens is 252 g/mol. The Morgan fingerprint density at radius 1 is 1.16 bits per heavy atom. The van der Waals surface area contributed by atoms with E-state index in [2.05, 4.69) is 73.9 Å². The molecule has 0 spiro atoms. The third kappa shape index (κ3) is 4.43. The summed E-state index contributed by atoms with van der Waals surface area (Å²) < 4.78 is 0. The number of thioether (sulfide) groups is 1. The van der Waals surface area contributed by atoms with Gasteiger partial charge in [0.15, 0.2) is 0 Å². The molecule has 106 valence electrons. The fourth-order valence-corrected chi connectivity index (χ4v) is 3.86. The van der Waals surface area contributed by atoms with Crippen molar-refractivity contribution in [2.45, 2.75) is 50.8 Å². The number of nitrogens with one attached hydrogen (secondary N) is 1. The number of hydrogen-bond donors (Lipinski definition) is 1. The van der Waals surface area contributed by atoms with Crippen molar-refractivity contribution in [2.75, 3.05) is 18.0 Å². The number of hydrogen-bond acceptors (Lipinski definition) is 3. The van der Waals surface area contributed by atoms with Crippen LogP contribution in [-0.2, 0) is 6.54 Å². The van der Waals surface area contributed by atoms with Crippen LogP contribution in [0.5, 0.6) is 0 Å². The lowest BCUT2D eigenvalue weighted by atomic mass is 10.1. The number of benzene rings is 1. The van der Waals surface area contributed by atoms with Crippen LogP contribution >= 0.6 is 11.8 Å². The van der Waals surface area contributed by atoms with Gasteiger partial charge in [-0.05, 0) is 17.7 Å². The molecule has 2 unspecified atom stereocenters. The SMILES string of the molecule is CC(C)NCc1ccc(N2CC(C)SC(C)C2)cc1. The average Bonchev–Trinajstić information content (AvgIpc) is 2.36. The highest BCUT2D eigenvalue weighted by molar-refractivity contribution is 8.00.